The largest absolute Gasteiger partial charge is 0.416 e. The molecule has 21 heavy (non-hydrogen) atoms. The number of halogens is 4. The van der Waals surface area contributed by atoms with Gasteiger partial charge in [0.05, 0.1) is 5.56 Å². The van der Waals surface area contributed by atoms with Crippen LogP contribution in [-0.4, -0.2) is 5.11 Å². The van der Waals surface area contributed by atoms with E-state index < -0.39 is 17.8 Å². The van der Waals surface area contributed by atoms with E-state index in [9.17, 15) is 18.3 Å². The van der Waals surface area contributed by atoms with E-state index in [1.54, 1.807) is 0 Å². The van der Waals surface area contributed by atoms with Gasteiger partial charge >= 0.3 is 6.18 Å². The maximum absolute atomic E-state index is 12.5. The average molecular weight is 359 g/mol. The van der Waals surface area contributed by atoms with Crippen molar-refractivity contribution in [3.8, 4) is 0 Å². The van der Waals surface area contributed by atoms with Crippen LogP contribution in [0.15, 0.2) is 40.9 Å². The van der Waals surface area contributed by atoms with Gasteiger partial charge in [0.2, 0.25) is 0 Å². The topological polar surface area (TPSA) is 20.2 Å². The van der Waals surface area contributed by atoms with Gasteiger partial charge in [-0.1, -0.05) is 40.2 Å². The maximum Gasteiger partial charge on any atom is 0.416 e. The van der Waals surface area contributed by atoms with Crippen LogP contribution in [0, 0.1) is 13.8 Å². The van der Waals surface area contributed by atoms with Gasteiger partial charge in [-0.2, -0.15) is 13.2 Å². The number of aliphatic hydroxyl groups excluding tert-OH is 1. The molecule has 0 aliphatic heterocycles. The van der Waals surface area contributed by atoms with Gasteiger partial charge < -0.3 is 5.11 Å². The van der Waals surface area contributed by atoms with Crippen LogP contribution in [-0.2, 0) is 6.18 Å². The van der Waals surface area contributed by atoms with E-state index in [1.807, 2.05) is 26.0 Å². The standard InChI is InChI=1S/C16H14BrF3O/c1-9-7-12(8-10(2)14(9)17)15(21)11-3-5-13(6-4-11)16(18,19)20/h3-8,15,21H,1-2H3. The van der Waals surface area contributed by atoms with E-state index in [2.05, 4.69) is 15.9 Å². The van der Waals surface area contributed by atoms with E-state index in [0.29, 0.717) is 11.1 Å². The van der Waals surface area contributed by atoms with Gasteiger partial charge in [-0.3, -0.25) is 0 Å². The minimum Gasteiger partial charge on any atom is -0.384 e. The molecule has 112 valence electrons. The lowest BCUT2D eigenvalue weighted by Crippen LogP contribution is -2.06. The molecule has 2 aromatic rings. The van der Waals surface area contributed by atoms with E-state index in [1.165, 1.54) is 12.1 Å². The summed E-state index contributed by atoms with van der Waals surface area (Å²) in [4.78, 5) is 0. The van der Waals surface area contributed by atoms with E-state index in [4.69, 9.17) is 0 Å². The van der Waals surface area contributed by atoms with Gasteiger partial charge in [0.15, 0.2) is 0 Å². The van der Waals surface area contributed by atoms with Gasteiger partial charge in [-0.15, -0.1) is 0 Å². The molecular weight excluding hydrogens is 345 g/mol. The number of aryl methyl sites for hydroxylation is 2. The first-order chi connectivity index (χ1) is 9.70. The molecule has 1 N–H and O–H groups in total. The van der Waals surface area contributed by atoms with Gasteiger partial charge in [-0.25, -0.2) is 0 Å². The van der Waals surface area contributed by atoms with E-state index in [-0.39, 0.29) is 0 Å². The molecule has 1 unspecified atom stereocenters. The summed E-state index contributed by atoms with van der Waals surface area (Å²) in [7, 11) is 0. The van der Waals surface area contributed by atoms with Crippen molar-refractivity contribution in [1.82, 2.24) is 0 Å². The highest BCUT2D eigenvalue weighted by Crippen LogP contribution is 2.32. The van der Waals surface area contributed by atoms with Gasteiger partial charge in [0.25, 0.3) is 0 Å². The van der Waals surface area contributed by atoms with Crippen LogP contribution in [0.25, 0.3) is 0 Å². The van der Waals surface area contributed by atoms with Crippen LogP contribution in [0.3, 0.4) is 0 Å². The van der Waals surface area contributed by atoms with Crippen LogP contribution >= 0.6 is 15.9 Å². The molecule has 0 spiro atoms. The number of hydrogen-bond acceptors (Lipinski definition) is 1. The Labute approximate surface area is 129 Å². The van der Waals surface area contributed by atoms with Crippen LogP contribution in [0.5, 0.6) is 0 Å². The third-order valence-corrected chi connectivity index (χ3v) is 4.58. The Kier molecular flexibility index (Phi) is 4.44. The van der Waals surface area contributed by atoms with Crippen molar-refractivity contribution in [2.24, 2.45) is 0 Å². The third kappa shape index (κ3) is 3.47. The lowest BCUT2D eigenvalue weighted by atomic mass is 9.97. The second-order valence-electron chi connectivity index (χ2n) is 4.99. The highest BCUT2D eigenvalue weighted by atomic mass is 79.9. The quantitative estimate of drug-likeness (QED) is 0.785. The molecule has 2 aromatic carbocycles. The predicted molar refractivity (Wildman–Crippen MR) is 79.1 cm³/mol. The summed E-state index contributed by atoms with van der Waals surface area (Å²) in [6.07, 6.45) is -5.31. The zero-order chi connectivity index (χ0) is 15.8. The first-order valence-corrected chi connectivity index (χ1v) is 7.11. The fourth-order valence-electron chi connectivity index (χ4n) is 2.18. The Balaban J connectivity index is 2.34. The second-order valence-corrected chi connectivity index (χ2v) is 5.78. The number of benzene rings is 2. The van der Waals surface area contributed by atoms with Crippen molar-refractivity contribution >= 4 is 15.9 Å². The molecule has 1 nitrogen and oxygen atoms in total. The molecule has 1 atom stereocenters. The van der Waals surface area contributed by atoms with Crippen molar-refractivity contribution in [2.75, 3.05) is 0 Å². The number of rotatable bonds is 2. The highest BCUT2D eigenvalue weighted by molar-refractivity contribution is 9.10. The van der Waals surface area contributed by atoms with Crippen LogP contribution in [0.2, 0.25) is 0 Å². The molecule has 0 heterocycles. The molecule has 0 amide bonds. The molecule has 0 saturated carbocycles. The zero-order valence-electron chi connectivity index (χ0n) is 11.5. The van der Waals surface area contributed by atoms with Crippen LogP contribution in [0.1, 0.15) is 33.9 Å². The molecule has 0 aromatic heterocycles. The Hall–Kier alpha value is -1.33. The first-order valence-electron chi connectivity index (χ1n) is 6.32. The maximum atomic E-state index is 12.5. The zero-order valence-corrected chi connectivity index (χ0v) is 13.1. The normalized spacial score (nSPS) is 13.3. The molecule has 2 rings (SSSR count). The van der Waals surface area contributed by atoms with E-state index >= 15 is 0 Å². The fraction of sp³-hybridized carbons (Fsp3) is 0.250. The minimum absolute atomic E-state index is 0.434. The van der Waals surface area contributed by atoms with Crippen molar-refractivity contribution in [3.63, 3.8) is 0 Å². The van der Waals surface area contributed by atoms with Gasteiger partial charge in [-0.05, 0) is 48.2 Å². The van der Waals surface area contributed by atoms with Crippen LogP contribution < -0.4 is 0 Å². The Morgan fingerprint density at radius 2 is 1.43 bits per heavy atom. The molecule has 0 saturated heterocycles. The smallest absolute Gasteiger partial charge is 0.384 e. The SMILES string of the molecule is Cc1cc(C(O)c2ccc(C(F)(F)F)cc2)cc(C)c1Br. The van der Waals surface area contributed by atoms with Crippen molar-refractivity contribution in [2.45, 2.75) is 26.1 Å². The highest BCUT2D eigenvalue weighted by Gasteiger charge is 2.30. The number of alkyl halides is 3. The van der Waals surface area contributed by atoms with Gasteiger partial charge in [0.1, 0.15) is 6.10 Å². The summed E-state index contributed by atoms with van der Waals surface area (Å²) in [5.41, 5.74) is 2.31. The predicted octanol–water partition coefficient (Wildman–Crippen LogP) is 5.17. The summed E-state index contributed by atoms with van der Waals surface area (Å²) in [6.45, 7) is 3.81. The fourth-order valence-corrected chi connectivity index (χ4v) is 2.41. The van der Waals surface area contributed by atoms with Gasteiger partial charge in [0, 0.05) is 4.47 Å². The molecular formula is C16H14BrF3O. The molecule has 5 heteroatoms. The van der Waals surface area contributed by atoms with Crippen LogP contribution in [0.4, 0.5) is 13.2 Å². The summed E-state index contributed by atoms with van der Waals surface area (Å²) in [5, 5.41) is 10.3. The minimum atomic E-state index is -4.37. The number of hydrogen-bond donors (Lipinski definition) is 1. The first kappa shape index (κ1) is 16.0. The Morgan fingerprint density at radius 3 is 1.86 bits per heavy atom. The third-order valence-electron chi connectivity index (χ3n) is 3.33. The molecule has 0 aliphatic carbocycles. The average Bonchev–Trinajstić information content (AvgIpc) is 2.42. The molecule has 0 bridgehead atoms. The summed E-state index contributed by atoms with van der Waals surface area (Å²) < 4.78 is 38.5. The van der Waals surface area contributed by atoms with Crippen molar-refractivity contribution < 1.29 is 18.3 Å². The summed E-state index contributed by atoms with van der Waals surface area (Å²) in [6, 6.07) is 8.22. The molecule has 0 radical (unpaired) electrons. The monoisotopic (exact) mass is 358 g/mol. The lowest BCUT2D eigenvalue weighted by molar-refractivity contribution is -0.137. The Bertz CT molecular complexity index is 625. The van der Waals surface area contributed by atoms with E-state index in [0.717, 1.165) is 27.7 Å². The summed E-state index contributed by atoms with van der Waals surface area (Å²) in [5.74, 6) is 0. The van der Waals surface area contributed by atoms with Crippen molar-refractivity contribution in [1.29, 1.82) is 0 Å². The lowest BCUT2D eigenvalue weighted by Gasteiger charge is -2.15. The number of aliphatic hydroxyl groups is 1. The Morgan fingerprint density at radius 1 is 0.952 bits per heavy atom. The van der Waals surface area contributed by atoms with Crippen molar-refractivity contribution in [3.05, 3.63) is 68.7 Å². The molecule has 0 aliphatic rings. The molecule has 0 fully saturated rings. The second kappa shape index (κ2) is 5.81. The summed E-state index contributed by atoms with van der Waals surface area (Å²) >= 11 is 3.44.